The van der Waals surface area contributed by atoms with Crippen molar-refractivity contribution in [2.45, 2.75) is 58.0 Å². The lowest BCUT2D eigenvalue weighted by Gasteiger charge is -2.28. The van der Waals surface area contributed by atoms with Crippen molar-refractivity contribution in [2.24, 2.45) is 11.7 Å². The average molecular weight is 619 g/mol. The predicted octanol–water partition coefficient (Wildman–Crippen LogP) is 5.87. The van der Waals surface area contributed by atoms with Gasteiger partial charge in [0, 0.05) is 25.1 Å². The first kappa shape index (κ1) is 33.7. The second-order valence-corrected chi connectivity index (χ2v) is 11.0. The number of hydrogen-bond donors (Lipinski definition) is 2. The smallest absolute Gasteiger partial charge is 0.412 e. The molecule has 0 spiro atoms. The van der Waals surface area contributed by atoms with Gasteiger partial charge in [-0.1, -0.05) is 37.6 Å². The van der Waals surface area contributed by atoms with E-state index >= 15 is 0 Å². The van der Waals surface area contributed by atoms with Crippen LogP contribution in [0.5, 0.6) is 0 Å². The zero-order valence-electron chi connectivity index (χ0n) is 24.4. The van der Waals surface area contributed by atoms with E-state index in [0.29, 0.717) is 35.6 Å². The summed E-state index contributed by atoms with van der Waals surface area (Å²) in [5.74, 6) is -1.56. The largest absolute Gasteiger partial charge is 0.465 e. The highest BCUT2D eigenvalue weighted by Crippen LogP contribution is 2.22. The summed E-state index contributed by atoms with van der Waals surface area (Å²) in [4.78, 5) is 43.3. The molecule has 43 heavy (non-hydrogen) atoms. The van der Waals surface area contributed by atoms with Crippen LogP contribution >= 0.6 is 11.6 Å². The Morgan fingerprint density at radius 2 is 1.84 bits per heavy atom. The molecule has 0 fully saturated rings. The third-order valence-electron chi connectivity index (χ3n) is 7.07. The van der Waals surface area contributed by atoms with E-state index in [4.69, 9.17) is 26.8 Å². The second-order valence-electron chi connectivity index (χ2n) is 10.6. The normalized spacial score (nSPS) is 12.6. The molecule has 0 aliphatic rings. The van der Waals surface area contributed by atoms with Crippen molar-refractivity contribution < 1.29 is 32.6 Å². The Kier molecular flexibility index (Phi) is 12.6. The fourth-order valence-corrected chi connectivity index (χ4v) is 4.49. The number of hydrogen-bond acceptors (Lipinski definition) is 7. The van der Waals surface area contributed by atoms with Crippen molar-refractivity contribution in [2.75, 3.05) is 25.6 Å². The molecule has 9 nitrogen and oxygen atoms in total. The van der Waals surface area contributed by atoms with Crippen LogP contribution in [-0.4, -0.2) is 60.2 Å². The van der Waals surface area contributed by atoms with E-state index in [1.165, 1.54) is 41.4 Å². The van der Waals surface area contributed by atoms with Gasteiger partial charge in [0.1, 0.15) is 30.1 Å². The minimum absolute atomic E-state index is 0.0220. The molecule has 0 aliphatic heterocycles. The van der Waals surface area contributed by atoms with Gasteiger partial charge in [-0.05, 0) is 72.9 Å². The van der Waals surface area contributed by atoms with Gasteiger partial charge >= 0.3 is 12.1 Å². The van der Waals surface area contributed by atoms with E-state index in [9.17, 15) is 23.2 Å². The van der Waals surface area contributed by atoms with Gasteiger partial charge in [-0.3, -0.25) is 14.9 Å². The summed E-state index contributed by atoms with van der Waals surface area (Å²) >= 11 is 6.04. The van der Waals surface area contributed by atoms with E-state index in [1.807, 2.05) is 13.8 Å². The summed E-state index contributed by atoms with van der Waals surface area (Å²) in [6, 6.07) is 8.98. The fourth-order valence-electron chi connectivity index (χ4n) is 4.27. The van der Waals surface area contributed by atoms with Gasteiger partial charge in [0.25, 0.3) is 0 Å². The molecule has 232 valence electrons. The van der Waals surface area contributed by atoms with Crippen LogP contribution in [0.25, 0.3) is 10.8 Å². The first-order chi connectivity index (χ1) is 20.5. The summed E-state index contributed by atoms with van der Waals surface area (Å²) in [6.45, 7) is 3.70. The second kappa shape index (κ2) is 16.1. The number of anilines is 1. The molecule has 3 rings (SSSR count). The van der Waals surface area contributed by atoms with Crippen molar-refractivity contribution in [3.63, 3.8) is 0 Å². The Bertz CT molecular complexity index is 1420. The van der Waals surface area contributed by atoms with Crippen LogP contribution in [0.2, 0.25) is 5.02 Å². The molecule has 0 saturated carbocycles. The van der Waals surface area contributed by atoms with Crippen LogP contribution in [0.4, 0.5) is 19.4 Å². The molecule has 2 aromatic carbocycles. The number of aromatic nitrogens is 1. The maximum absolute atomic E-state index is 13.8. The first-order valence-corrected chi connectivity index (χ1v) is 14.4. The van der Waals surface area contributed by atoms with Crippen molar-refractivity contribution in [1.82, 2.24) is 9.88 Å². The van der Waals surface area contributed by atoms with Crippen LogP contribution < -0.4 is 11.1 Å². The molecular formula is C31H37ClF2N4O5. The molecule has 0 saturated heterocycles. The Labute approximate surface area is 254 Å². The quantitative estimate of drug-likeness (QED) is 0.171. The maximum atomic E-state index is 13.8. The lowest BCUT2D eigenvalue weighted by molar-refractivity contribution is -0.146. The third kappa shape index (κ3) is 10.1. The van der Waals surface area contributed by atoms with Crippen molar-refractivity contribution >= 4 is 46.2 Å². The number of nitrogens with one attached hydrogen (secondary N) is 1. The van der Waals surface area contributed by atoms with E-state index in [1.54, 1.807) is 19.2 Å². The zero-order valence-corrected chi connectivity index (χ0v) is 25.2. The number of esters is 1. The number of aryl methyl sites for hydroxylation is 1. The number of ether oxygens (including phenoxy) is 2. The molecule has 0 bridgehead atoms. The molecule has 3 aromatic rings. The summed E-state index contributed by atoms with van der Waals surface area (Å²) in [5.41, 5.74) is 6.33. The number of benzene rings is 2. The Morgan fingerprint density at radius 3 is 2.58 bits per heavy atom. The van der Waals surface area contributed by atoms with Crippen LogP contribution in [0, 0.1) is 17.6 Å². The average Bonchev–Trinajstić information content (AvgIpc) is 2.97. The predicted molar refractivity (Wildman–Crippen MR) is 161 cm³/mol. The summed E-state index contributed by atoms with van der Waals surface area (Å²) in [5, 5.41) is 3.77. The van der Waals surface area contributed by atoms with Crippen molar-refractivity contribution in [3.05, 3.63) is 70.9 Å². The van der Waals surface area contributed by atoms with E-state index in [0.717, 1.165) is 0 Å². The lowest BCUT2D eigenvalue weighted by atomic mass is 10.1. The summed E-state index contributed by atoms with van der Waals surface area (Å²) < 4.78 is 38.1. The number of nitrogens with zero attached hydrogens (tertiary/aromatic N) is 2. The van der Waals surface area contributed by atoms with Crippen LogP contribution in [-0.2, 0) is 25.5 Å². The monoisotopic (exact) mass is 618 g/mol. The maximum Gasteiger partial charge on any atom is 0.412 e. The molecule has 0 aliphatic carbocycles. The minimum atomic E-state index is -0.794. The van der Waals surface area contributed by atoms with E-state index in [2.05, 4.69) is 10.3 Å². The van der Waals surface area contributed by atoms with Gasteiger partial charge < -0.3 is 20.1 Å². The molecular weight excluding hydrogens is 582 g/mol. The molecule has 1 unspecified atom stereocenters. The molecule has 2 atom stereocenters. The Morgan fingerprint density at radius 1 is 1.07 bits per heavy atom. The number of amides is 2. The van der Waals surface area contributed by atoms with Crippen molar-refractivity contribution in [1.29, 1.82) is 0 Å². The van der Waals surface area contributed by atoms with Gasteiger partial charge in [0.15, 0.2) is 0 Å². The van der Waals surface area contributed by atoms with Gasteiger partial charge in [-0.2, -0.15) is 0 Å². The SMILES string of the molecule is CC(C)[C@@H](N)C(=O)OCCCCC(COC(=O)Nc1cc2cc(F)ccc2cn1)N(C)C(=O)CCc1cccc(F)c1Cl. The highest BCUT2D eigenvalue weighted by Gasteiger charge is 2.23. The third-order valence-corrected chi connectivity index (χ3v) is 7.49. The van der Waals surface area contributed by atoms with Gasteiger partial charge in [-0.25, -0.2) is 18.6 Å². The Hall–Kier alpha value is -3.83. The van der Waals surface area contributed by atoms with Gasteiger partial charge in [0.05, 0.1) is 17.7 Å². The Balaban J connectivity index is 1.59. The van der Waals surface area contributed by atoms with E-state index < -0.39 is 35.8 Å². The number of nitrogens with two attached hydrogens (primary N) is 1. The topological polar surface area (TPSA) is 124 Å². The van der Waals surface area contributed by atoms with E-state index in [-0.39, 0.29) is 48.7 Å². The fraction of sp³-hybridized carbons (Fsp3) is 0.419. The van der Waals surface area contributed by atoms with Crippen molar-refractivity contribution in [3.8, 4) is 0 Å². The zero-order chi connectivity index (χ0) is 31.5. The van der Waals surface area contributed by atoms with Crippen LogP contribution in [0.3, 0.4) is 0 Å². The molecule has 1 aromatic heterocycles. The highest BCUT2D eigenvalue weighted by atomic mass is 35.5. The van der Waals surface area contributed by atoms with Crippen LogP contribution in [0.15, 0.2) is 48.7 Å². The number of carbonyl (C=O) groups excluding carboxylic acids is 3. The number of likely N-dealkylation sites (N-methyl/N-ethyl adjacent to an activating group) is 1. The molecule has 1 heterocycles. The first-order valence-electron chi connectivity index (χ1n) is 14.1. The number of pyridine rings is 1. The summed E-state index contributed by atoms with van der Waals surface area (Å²) in [6.07, 6.45) is 2.52. The minimum Gasteiger partial charge on any atom is -0.465 e. The van der Waals surface area contributed by atoms with Crippen LogP contribution in [0.1, 0.15) is 45.1 Å². The number of halogens is 3. The number of rotatable bonds is 14. The lowest BCUT2D eigenvalue weighted by Crippen LogP contribution is -2.41. The highest BCUT2D eigenvalue weighted by molar-refractivity contribution is 6.31. The number of unbranched alkanes of at least 4 members (excludes halogenated alkanes) is 1. The molecule has 12 heteroatoms. The summed E-state index contributed by atoms with van der Waals surface area (Å²) in [7, 11) is 1.60. The molecule has 3 N–H and O–H groups in total. The molecule has 2 amide bonds. The van der Waals surface area contributed by atoms with Gasteiger partial charge in [-0.15, -0.1) is 0 Å². The standard InChI is InChI=1S/C31H37ClF2N4O5/c1-19(2)29(35)30(40)42-14-5-4-8-24(38(3)27(39)13-11-20-7-6-9-25(34)28(20)32)18-43-31(41)37-26-16-22-15-23(33)12-10-21(22)17-36-26/h6-7,9-10,12,15-17,19,24,29H,4-5,8,11,13-14,18,35H2,1-3H3,(H,36,37,41)/t24?,29-/m1/s1. The molecule has 0 radical (unpaired) electrons. The van der Waals surface area contributed by atoms with Gasteiger partial charge in [0.2, 0.25) is 5.91 Å². The number of fused-ring (bicyclic) bond motifs is 1. The number of carbonyl (C=O) groups is 3.